The van der Waals surface area contributed by atoms with Crippen molar-refractivity contribution < 1.29 is 20.1 Å². The zero-order chi connectivity index (χ0) is 22.1. The van der Waals surface area contributed by atoms with E-state index in [0.29, 0.717) is 5.02 Å². The summed E-state index contributed by atoms with van der Waals surface area (Å²) in [5, 5.41) is 29.2. The van der Waals surface area contributed by atoms with E-state index in [1.807, 2.05) is 0 Å². The molecule has 11 heteroatoms. The van der Waals surface area contributed by atoms with Gasteiger partial charge in [-0.1, -0.05) is 23.7 Å². The van der Waals surface area contributed by atoms with E-state index in [0.717, 1.165) is 10.1 Å². The lowest BCUT2D eigenvalue weighted by Crippen LogP contribution is -2.40. The van der Waals surface area contributed by atoms with Gasteiger partial charge >= 0.3 is 5.69 Å². The van der Waals surface area contributed by atoms with Gasteiger partial charge in [-0.25, -0.2) is 4.79 Å². The second-order valence-electron chi connectivity index (χ2n) is 7.25. The molecular formula is C19H23ClN4O6. The third-order valence-corrected chi connectivity index (χ3v) is 5.33. The summed E-state index contributed by atoms with van der Waals surface area (Å²) in [7, 11) is 2.87. The Balaban J connectivity index is 2.16. The van der Waals surface area contributed by atoms with Crippen molar-refractivity contribution in [3.63, 3.8) is 0 Å². The highest BCUT2D eigenvalue weighted by Crippen LogP contribution is 2.23. The first-order chi connectivity index (χ1) is 14.3. The van der Waals surface area contributed by atoms with Crippen LogP contribution < -0.4 is 16.0 Å². The van der Waals surface area contributed by atoms with Crippen molar-refractivity contribution in [2.75, 3.05) is 26.4 Å². The number of aromatic nitrogens is 4. The molecule has 0 amide bonds. The Morgan fingerprint density at radius 1 is 1.03 bits per heavy atom. The molecule has 30 heavy (non-hydrogen) atoms. The largest absolute Gasteiger partial charge is 0.464 e. The molecule has 0 aliphatic rings. The van der Waals surface area contributed by atoms with Gasteiger partial charge in [-0.05, 0) is 17.7 Å². The molecule has 162 valence electrons. The summed E-state index contributed by atoms with van der Waals surface area (Å²) in [6.45, 7) is -1.61. The molecule has 0 spiro atoms. The highest BCUT2D eigenvalue weighted by atomic mass is 35.5. The van der Waals surface area contributed by atoms with Gasteiger partial charge in [0.05, 0.1) is 31.8 Å². The van der Waals surface area contributed by atoms with E-state index in [4.69, 9.17) is 16.3 Å². The predicted octanol–water partition coefficient (Wildman–Crippen LogP) is -0.523. The van der Waals surface area contributed by atoms with E-state index in [1.165, 1.54) is 23.2 Å². The van der Waals surface area contributed by atoms with E-state index in [9.17, 15) is 24.9 Å². The molecule has 2 aromatic heterocycles. The monoisotopic (exact) mass is 438 g/mol. The summed E-state index contributed by atoms with van der Waals surface area (Å²) < 4.78 is 9.45. The first-order valence-corrected chi connectivity index (χ1v) is 9.51. The van der Waals surface area contributed by atoms with Crippen molar-refractivity contribution in [1.82, 2.24) is 18.7 Å². The van der Waals surface area contributed by atoms with Crippen LogP contribution in [0.1, 0.15) is 5.56 Å². The number of rotatable bonds is 8. The standard InChI is InChI=1S/C19H23ClN4O6/c1-22-15-14(16(28)23(2)18(22)29)24(7-12-3-5-13(20)6-4-12)17(21-15)30-11-19(8-25,9-26)10-27/h3-6,25-27H,7-11H2,1-2H3. The Morgan fingerprint density at radius 2 is 1.63 bits per heavy atom. The van der Waals surface area contributed by atoms with Crippen LogP contribution in [0.15, 0.2) is 33.9 Å². The van der Waals surface area contributed by atoms with Crippen LogP contribution in [-0.4, -0.2) is 60.4 Å². The minimum atomic E-state index is -1.29. The molecule has 2 heterocycles. The number of fused-ring (bicyclic) bond motifs is 1. The molecule has 0 saturated heterocycles. The average Bonchev–Trinajstić information content (AvgIpc) is 3.12. The Morgan fingerprint density at radius 3 is 2.20 bits per heavy atom. The molecule has 0 saturated carbocycles. The summed E-state index contributed by atoms with van der Waals surface area (Å²) >= 11 is 5.95. The van der Waals surface area contributed by atoms with Crippen LogP contribution in [0.4, 0.5) is 0 Å². The summed E-state index contributed by atoms with van der Waals surface area (Å²) in [5.74, 6) is 0. The van der Waals surface area contributed by atoms with Gasteiger partial charge in [-0.3, -0.25) is 18.5 Å². The van der Waals surface area contributed by atoms with Crippen LogP contribution in [0, 0.1) is 5.41 Å². The van der Waals surface area contributed by atoms with Crippen LogP contribution in [0.25, 0.3) is 11.2 Å². The Kier molecular flexibility index (Phi) is 6.32. The maximum absolute atomic E-state index is 12.8. The van der Waals surface area contributed by atoms with E-state index < -0.39 is 36.5 Å². The van der Waals surface area contributed by atoms with Gasteiger partial charge in [0.25, 0.3) is 11.6 Å². The first kappa shape index (κ1) is 22.0. The number of halogens is 1. The summed E-state index contributed by atoms with van der Waals surface area (Å²) in [6.07, 6.45) is 0. The predicted molar refractivity (Wildman–Crippen MR) is 110 cm³/mol. The van der Waals surface area contributed by atoms with Crippen molar-refractivity contribution in [2.24, 2.45) is 19.5 Å². The zero-order valence-electron chi connectivity index (χ0n) is 16.6. The number of imidazole rings is 1. The number of aryl methyl sites for hydroxylation is 1. The Labute approximate surface area is 176 Å². The van der Waals surface area contributed by atoms with Gasteiger partial charge in [0, 0.05) is 19.1 Å². The smallest absolute Gasteiger partial charge is 0.332 e. The minimum absolute atomic E-state index is 0.0120. The molecule has 0 fully saturated rings. The molecule has 0 bridgehead atoms. The van der Waals surface area contributed by atoms with Crippen LogP contribution in [0.2, 0.25) is 5.02 Å². The highest BCUT2D eigenvalue weighted by molar-refractivity contribution is 6.30. The molecule has 0 aliphatic carbocycles. The maximum Gasteiger partial charge on any atom is 0.332 e. The molecule has 0 radical (unpaired) electrons. The molecular weight excluding hydrogens is 416 g/mol. The topological polar surface area (TPSA) is 132 Å². The number of hydrogen-bond acceptors (Lipinski definition) is 7. The number of benzene rings is 1. The lowest BCUT2D eigenvalue weighted by atomic mass is 9.93. The van der Waals surface area contributed by atoms with Crippen molar-refractivity contribution in [3.05, 3.63) is 55.7 Å². The zero-order valence-corrected chi connectivity index (χ0v) is 17.3. The van der Waals surface area contributed by atoms with Gasteiger partial charge in [0.2, 0.25) is 0 Å². The molecule has 0 aliphatic heterocycles. The van der Waals surface area contributed by atoms with Crippen molar-refractivity contribution in [1.29, 1.82) is 0 Å². The van der Waals surface area contributed by atoms with Gasteiger partial charge < -0.3 is 20.1 Å². The normalized spacial score (nSPS) is 11.9. The van der Waals surface area contributed by atoms with E-state index in [1.54, 1.807) is 24.3 Å². The molecule has 0 atom stereocenters. The Hall–Kier alpha value is -2.66. The van der Waals surface area contributed by atoms with E-state index in [2.05, 4.69) is 4.98 Å². The fourth-order valence-electron chi connectivity index (χ4n) is 2.96. The second kappa shape index (κ2) is 8.60. The highest BCUT2D eigenvalue weighted by Gasteiger charge is 2.31. The van der Waals surface area contributed by atoms with Gasteiger partial charge in [0.15, 0.2) is 11.2 Å². The van der Waals surface area contributed by atoms with Crippen LogP contribution in [0.5, 0.6) is 6.01 Å². The van der Waals surface area contributed by atoms with Gasteiger partial charge in [-0.15, -0.1) is 0 Å². The van der Waals surface area contributed by atoms with E-state index >= 15 is 0 Å². The maximum atomic E-state index is 12.8. The lowest BCUT2D eigenvalue weighted by Gasteiger charge is -2.26. The number of aliphatic hydroxyl groups excluding tert-OH is 3. The van der Waals surface area contributed by atoms with Crippen LogP contribution in [0.3, 0.4) is 0 Å². The van der Waals surface area contributed by atoms with Gasteiger partial charge in [-0.2, -0.15) is 4.98 Å². The van der Waals surface area contributed by atoms with Crippen LogP contribution in [-0.2, 0) is 20.6 Å². The van der Waals surface area contributed by atoms with Gasteiger partial charge in [0.1, 0.15) is 6.61 Å². The number of nitrogens with zero attached hydrogens (tertiary/aromatic N) is 4. The first-order valence-electron chi connectivity index (χ1n) is 9.13. The number of aliphatic hydroxyl groups is 3. The Bertz CT molecular complexity index is 1150. The molecule has 0 unspecified atom stereocenters. The van der Waals surface area contributed by atoms with Crippen molar-refractivity contribution >= 4 is 22.8 Å². The SMILES string of the molecule is Cn1c(=O)c2c(nc(OCC(CO)(CO)CO)n2Cc2ccc(Cl)cc2)n(C)c1=O. The number of ether oxygens (including phenoxy) is 1. The fourth-order valence-corrected chi connectivity index (χ4v) is 3.09. The third kappa shape index (κ3) is 3.86. The summed E-state index contributed by atoms with van der Waals surface area (Å²) in [6, 6.07) is 6.99. The molecule has 10 nitrogen and oxygen atoms in total. The quantitative estimate of drug-likeness (QED) is 0.431. The third-order valence-electron chi connectivity index (χ3n) is 5.08. The molecule has 3 aromatic rings. The fraction of sp³-hybridized carbons (Fsp3) is 0.421. The molecule has 3 N–H and O–H groups in total. The summed E-state index contributed by atoms with van der Waals surface area (Å²) in [5.41, 5.74) is -1.27. The molecule has 3 rings (SSSR count). The van der Waals surface area contributed by atoms with Crippen molar-refractivity contribution in [2.45, 2.75) is 6.54 Å². The van der Waals surface area contributed by atoms with E-state index in [-0.39, 0.29) is 30.3 Å². The minimum Gasteiger partial charge on any atom is -0.464 e. The van der Waals surface area contributed by atoms with Crippen LogP contribution >= 0.6 is 11.6 Å². The second-order valence-corrected chi connectivity index (χ2v) is 7.68. The van der Waals surface area contributed by atoms with Crippen molar-refractivity contribution in [3.8, 4) is 6.01 Å². The summed E-state index contributed by atoms with van der Waals surface area (Å²) in [4.78, 5) is 29.5. The average molecular weight is 439 g/mol. The number of hydrogen-bond donors (Lipinski definition) is 3. The molecule has 1 aromatic carbocycles. The lowest BCUT2D eigenvalue weighted by molar-refractivity contribution is -0.0284.